The summed E-state index contributed by atoms with van der Waals surface area (Å²) >= 11 is 0. The van der Waals surface area contributed by atoms with E-state index >= 15 is 0 Å². The molecule has 1 saturated heterocycles. The predicted octanol–water partition coefficient (Wildman–Crippen LogP) is 3.57. The fourth-order valence-electron chi connectivity index (χ4n) is 3.22. The lowest BCUT2D eigenvalue weighted by atomic mass is 9.91. The Morgan fingerprint density at radius 3 is 2.68 bits per heavy atom. The summed E-state index contributed by atoms with van der Waals surface area (Å²) in [4.78, 5) is 2.17. The topological polar surface area (TPSA) is 15.3 Å². The van der Waals surface area contributed by atoms with E-state index in [9.17, 15) is 4.39 Å². The minimum absolute atomic E-state index is 0.117. The molecule has 0 aliphatic carbocycles. The van der Waals surface area contributed by atoms with Crippen molar-refractivity contribution in [1.29, 1.82) is 0 Å². The van der Waals surface area contributed by atoms with Gasteiger partial charge in [-0.25, -0.2) is 4.39 Å². The summed E-state index contributed by atoms with van der Waals surface area (Å²) in [6.45, 7) is 7.16. The molecule has 1 fully saturated rings. The number of benzene rings is 1. The van der Waals surface area contributed by atoms with Gasteiger partial charge < -0.3 is 10.2 Å². The molecule has 106 valence electrons. The third-order valence-corrected chi connectivity index (χ3v) is 4.13. The third-order valence-electron chi connectivity index (χ3n) is 4.13. The number of para-hydroxylation sites is 1. The molecular weight excluding hydrogens is 239 g/mol. The van der Waals surface area contributed by atoms with E-state index in [2.05, 4.69) is 24.1 Å². The first kappa shape index (κ1) is 14.3. The van der Waals surface area contributed by atoms with Crippen molar-refractivity contribution in [3.8, 4) is 0 Å². The van der Waals surface area contributed by atoms with E-state index in [0.717, 1.165) is 31.7 Å². The molecule has 0 amide bonds. The maximum absolute atomic E-state index is 13.9. The normalized spacial score (nSPS) is 22.7. The van der Waals surface area contributed by atoms with Crippen molar-refractivity contribution in [2.75, 3.05) is 24.5 Å². The number of nitrogens with one attached hydrogen (secondary N) is 1. The van der Waals surface area contributed by atoms with Crippen LogP contribution in [0.2, 0.25) is 0 Å². The number of hydrogen-bond acceptors (Lipinski definition) is 2. The second-order valence-corrected chi connectivity index (χ2v) is 5.53. The van der Waals surface area contributed by atoms with Crippen LogP contribution in [0.4, 0.5) is 10.1 Å². The molecule has 1 N–H and O–H groups in total. The Kier molecular flexibility index (Phi) is 4.81. The highest BCUT2D eigenvalue weighted by atomic mass is 19.1. The van der Waals surface area contributed by atoms with E-state index in [0.29, 0.717) is 0 Å². The average molecular weight is 264 g/mol. The third kappa shape index (κ3) is 3.27. The summed E-state index contributed by atoms with van der Waals surface area (Å²) in [5, 5.41) is 3.66. The van der Waals surface area contributed by atoms with Crippen LogP contribution in [-0.4, -0.2) is 25.2 Å². The summed E-state index contributed by atoms with van der Waals surface area (Å²) in [6, 6.07) is 7.10. The largest absolute Gasteiger partial charge is 0.368 e. The molecule has 0 radical (unpaired) electrons. The van der Waals surface area contributed by atoms with Crippen LogP contribution in [0.1, 0.15) is 39.5 Å². The lowest BCUT2D eigenvalue weighted by Crippen LogP contribution is -2.50. The molecule has 19 heavy (non-hydrogen) atoms. The lowest BCUT2D eigenvalue weighted by molar-refractivity contribution is 0.344. The highest BCUT2D eigenvalue weighted by Crippen LogP contribution is 2.28. The van der Waals surface area contributed by atoms with Crippen molar-refractivity contribution in [1.82, 2.24) is 5.32 Å². The smallest absolute Gasteiger partial charge is 0.146 e. The minimum atomic E-state index is -0.117. The van der Waals surface area contributed by atoms with Crippen molar-refractivity contribution < 1.29 is 4.39 Å². The van der Waals surface area contributed by atoms with Crippen LogP contribution in [0.5, 0.6) is 0 Å². The molecule has 1 unspecified atom stereocenters. The standard InChI is InChI=1S/C16H25FN2/c1-3-10-16(11-7-12-18-16)13-19(4-2)15-9-6-5-8-14(15)17/h5-6,8-9,18H,3-4,7,10-13H2,1-2H3. The zero-order valence-electron chi connectivity index (χ0n) is 12.1. The van der Waals surface area contributed by atoms with Gasteiger partial charge in [0.15, 0.2) is 0 Å². The molecule has 2 rings (SSSR count). The van der Waals surface area contributed by atoms with Gasteiger partial charge in [0.2, 0.25) is 0 Å². The van der Waals surface area contributed by atoms with Gasteiger partial charge in [0.05, 0.1) is 5.69 Å². The number of hydrogen-bond donors (Lipinski definition) is 1. The first-order valence-corrected chi connectivity index (χ1v) is 7.45. The highest BCUT2D eigenvalue weighted by Gasteiger charge is 2.34. The van der Waals surface area contributed by atoms with Crippen molar-refractivity contribution in [3.05, 3.63) is 30.1 Å². The second kappa shape index (κ2) is 6.38. The zero-order chi connectivity index (χ0) is 13.7. The van der Waals surface area contributed by atoms with E-state index in [1.54, 1.807) is 12.1 Å². The van der Waals surface area contributed by atoms with E-state index < -0.39 is 0 Å². The Morgan fingerprint density at radius 1 is 1.32 bits per heavy atom. The summed E-state index contributed by atoms with van der Waals surface area (Å²) in [7, 11) is 0. The van der Waals surface area contributed by atoms with Gasteiger partial charge in [0.1, 0.15) is 5.82 Å². The Bertz CT molecular complexity index is 399. The van der Waals surface area contributed by atoms with Crippen LogP contribution >= 0.6 is 0 Å². The molecular formula is C16H25FN2. The molecule has 0 saturated carbocycles. The Balaban J connectivity index is 2.16. The SMILES string of the molecule is CCCC1(CN(CC)c2ccccc2F)CCCN1. The summed E-state index contributed by atoms with van der Waals surface area (Å²) in [5.74, 6) is -0.117. The van der Waals surface area contributed by atoms with Gasteiger partial charge in [-0.15, -0.1) is 0 Å². The zero-order valence-corrected chi connectivity index (χ0v) is 12.1. The van der Waals surface area contributed by atoms with Gasteiger partial charge in [0, 0.05) is 18.6 Å². The number of anilines is 1. The quantitative estimate of drug-likeness (QED) is 0.845. The number of nitrogens with zero attached hydrogens (tertiary/aromatic N) is 1. The molecule has 0 aromatic heterocycles. The summed E-state index contributed by atoms with van der Waals surface area (Å²) in [5.41, 5.74) is 0.904. The highest BCUT2D eigenvalue weighted by molar-refractivity contribution is 5.48. The van der Waals surface area contributed by atoms with Gasteiger partial charge in [-0.05, 0) is 44.9 Å². The monoisotopic (exact) mass is 264 g/mol. The predicted molar refractivity (Wildman–Crippen MR) is 79.2 cm³/mol. The van der Waals surface area contributed by atoms with Gasteiger partial charge >= 0.3 is 0 Å². The van der Waals surface area contributed by atoms with Crippen molar-refractivity contribution in [3.63, 3.8) is 0 Å². The molecule has 1 atom stereocenters. The second-order valence-electron chi connectivity index (χ2n) is 5.53. The van der Waals surface area contributed by atoms with Crippen LogP contribution in [-0.2, 0) is 0 Å². The molecule has 2 nitrogen and oxygen atoms in total. The van der Waals surface area contributed by atoms with Crippen LogP contribution in [0, 0.1) is 5.82 Å². The molecule has 1 aromatic rings. The summed E-state index contributed by atoms with van der Waals surface area (Å²) < 4.78 is 13.9. The van der Waals surface area contributed by atoms with Crippen LogP contribution in [0.15, 0.2) is 24.3 Å². The minimum Gasteiger partial charge on any atom is -0.368 e. The molecule has 0 bridgehead atoms. The van der Waals surface area contributed by atoms with Gasteiger partial charge in [0.25, 0.3) is 0 Å². The van der Waals surface area contributed by atoms with E-state index in [4.69, 9.17) is 0 Å². The number of halogens is 1. The molecule has 1 aliphatic rings. The van der Waals surface area contributed by atoms with Crippen molar-refractivity contribution in [2.45, 2.75) is 45.1 Å². The fourth-order valence-corrected chi connectivity index (χ4v) is 3.22. The first-order valence-electron chi connectivity index (χ1n) is 7.45. The van der Waals surface area contributed by atoms with Gasteiger partial charge in [-0.3, -0.25) is 0 Å². The summed E-state index contributed by atoms with van der Waals surface area (Å²) in [6.07, 6.45) is 4.76. The van der Waals surface area contributed by atoms with Gasteiger partial charge in [-0.2, -0.15) is 0 Å². The van der Waals surface area contributed by atoms with Crippen LogP contribution in [0.3, 0.4) is 0 Å². The Morgan fingerprint density at radius 2 is 2.11 bits per heavy atom. The maximum Gasteiger partial charge on any atom is 0.146 e. The molecule has 1 aliphatic heterocycles. The molecule has 3 heteroatoms. The van der Waals surface area contributed by atoms with Crippen molar-refractivity contribution >= 4 is 5.69 Å². The van der Waals surface area contributed by atoms with Crippen molar-refractivity contribution in [2.24, 2.45) is 0 Å². The van der Waals surface area contributed by atoms with E-state index in [-0.39, 0.29) is 11.4 Å². The molecule has 0 spiro atoms. The Labute approximate surface area is 116 Å². The fraction of sp³-hybridized carbons (Fsp3) is 0.625. The van der Waals surface area contributed by atoms with E-state index in [1.165, 1.54) is 19.3 Å². The molecule has 1 heterocycles. The Hall–Kier alpha value is -1.09. The van der Waals surface area contributed by atoms with Gasteiger partial charge in [-0.1, -0.05) is 25.5 Å². The molecule has 1 aromatic carbocycles. The van der Waals surface area contributed by atoms with Crippen LogP contribution < -0.4 is 10.2 Å². The van der Waals surface area contributed by atoms with E-state index in [1.807, 2.05) is 12.1 Å². The first-order chi connectivity index (χ1) is 9.21. The van der Waals surface area contributed by atoms with Crippen LogP contribution in [0.25, 0.3) is 0 Å². The average Bonchev–Trinajstić information content (AvgIpc) is 2.86. The number of likely N-dealkylation sites (N-methyl/N-ethyl adjacent to an activating group) is 1. The lowest BCUT2D eigenvalue weighted by Gasteiger charge is -2.36. The maximum atomic E-state index is 13.9. The number of rotatable bonds is 6.